The van der Waals surface area contributed by atoms with Crippen LogP contribution < -0.4 is 4.90 Å². The highest BCUT2D eigenvalue weighted by Crippen LogP contribution is 2.26. The van der Waals surface area contributed by atoms with E-state index in [1.807, 2.05) is 11.8 Å². The summed E-state index contributed by atoms with van der Waals surface area (Å²) in [5.41, 5.74) is 1.08. The summed E-state index contributed by atoms with van der Waals surface area (Å²) in [4.78, 5) is 17.1. The van der Waals surface area contributed by atoms with Gasteiger partial charge < -0.3 is 10.0 Å². The molecule has 0 amide bonds. The van der Waals surface area contributed by atoms with Crippen LogP contribution in [0.1, 0.15) is 17.3 Å². The Morgan fingerprint density at radius 2 is 2.50 bits per heavy atom. The molecule has 1 saturated heterocycles. The molecule has 1 unspecified atom stereocenters. The van der Waals surface area contributed by atoms with Crippen LogP contribution in [0.4, 0.5) is 5.69 Å². The van der Waals surface area contributed by atoms with Crippen LogP contribution in [0, 0.1) is 0 Å². The van der Waals surface area contributed by atoms with E-state index >= 15 is 0 Å². The fraction of sp³-hybridized carbons (Fsp3) is 0.455. The standard InChI is InChI=1S/C11H14N2O2S/c1-8-7-13(4-5-16-8)10-2-3-12-6-9(10)11(14)15/h2-3,6,8H,4-5,7H2,1H3,(H,14,15). The van der Waals surface area contributed by atoms with Crippen LogP contribution in [0.5, 0.6) is 0 Å². The van der Waals surface area contributed by atoms with Crippen molar-refractivity contribution in [3.05, 3.63) is 24.0 Å². The minimum absolute atomic E-state index is 0.293. The molecule has 1 N–H and O–H groups in total. The number of hydrogen-bond acceptors (Lipinski definition) is 4. The summed E-state index contributed by atoms with van der Waals surface area (Å²) in [6, 6.07) is 1.78. The molecular formula is C11H14N2O2S. The Labute approximate surface area is 98.7 Å². The van der Waals surface area contributed by atoms with E-state index in [2.05, 4.69) is 16.8 Å². The summed E-state index contributed by atoms with van der Waals surface area (Å²) in [7, 11) is 0. The minimum atomic E-state index is -0.908. The maximum Gasteiger partial charge on any atom is 0.339 e. The average molecular weight is 238 g/mol. The number of nitrogens with zero attached hydrogens (tertiary/aromatic N) is 2. The van der Waals surface area contributed by atoms with Gasteiger partial charge in [-0.3, -0.25) is 4.98 Å². The molecule has 2 rings (SSSR count). The first-order chi connectivity index (χ1) is 7.68. The smallest absolute Gasteiger partial charge is 0.339 e. The van der Waals surface area contributed by atoms with Crippen molar-refractivity contribution in [3.63, 3.8) is 0 Å². The maximum absolute atomic E-state index is 11.1. The fourth-order valence-electron chi connectivity index (χ4n) is 1.86. The third kappa shape index (κ3) is 2.29. The van der Waals surface area contributed by atoms with E-state index in [1.54, 1.807) is 12.3 Å². The Kier molecular flexibility index (Phi) is 3.33. The van der Waals surface area contributed by atoms with Crippen LogP contribution in [0.3, 0.4) is 0 Å². The van der Waals surface area contributed by atoms with Crippen LogP contribution in [0.25, 0.3) is 0 Å². The van der Waals surface area contributed by atoms with Crippen molar-refractivity contribution in [2.24, 2.45) is 0 Å². The van der Waals surface area contributed by atoms with Gasteiger partial charge in [0.2, 0.25) is 0 Å². The number of aromatic carboxylic acids is 1. The number of thioether (sulfide) groups is 1. The van der Waals surface area contributed by atoms with Crippen LogP contribution in [-0.4, -0.2) is 40.2 Å². The fourth-order valence-corrected chi connectivity index (χ4v) is 2.88. The molecule has 1 aromatic heterocycles. The van der Waals surface area contributed by atoms with Gasteiger partial charge in [-0.2, -0.15) is 11.8 Å². The van der Waals surface area contributed by atoms with Crippen molar-refractivity contribution in [2.75, 3.05) is 23.7 Å². The van der Waals surface area contributed by atoms with Crippen molar-refractivity contribution in [1.82, 2.24) is 4.98 Å². The van der Waals surface area contributed by atoms with Crippen molar-refractivity contribution in [2.45, 2.75) is 12.2 Å². The molecule has 86 valence electrons. The number of pyridine rings is 1. The zero-order chi connectivity index (χ0) is 11.5. The summed E-state index contributed by atoms with van der Waals surface area (Å²) < 4.78 is 0. The Morgan fingerprint density at radius 1 is 1.69 bits per heavy atom. The van der Waals surface area contributed by atoms with Gasteiger partial charge in [-0.15, -0.1) is 0 Å². The Balaban J connectivity index is 2.28. The predicted octanol–water partition coefficient (Wildman–Crippen LogP) is 1.72. The van der Waals surface area contributed by atoms with E-state index in [9.17, 15) is 4.79 Å². The zero-order valence-electron chi connectivity index (χ0n) is 9.09. The number of hydrogen-bond donors (Lipinski definition) is 1. The highest BCUT2D eigenvalue weighted by molar-refractivity contribution is 8.00. The topological polar surface area (TPSA) is 53.4 Å². The number of carbonyl (C=O) groups is 1. The van der Waals surface area contributed by atoms with Crippen molar-refractivity contribution in [3.8, 4) is 0 Å². The summed E-state index contributed by atoms with van der Waals surface area (Å²) in [5.74, 6) is 0.136. The van der Waals surface area contributed by atoms with Gasteiger partial charge in [-0.25, -0.2) is 4.79 Å². The van der Waals surface area contributed by atoms with Crippen LogP contribution in [0.15, 0.2) is 18.5 Å². The van der Waals surface area contributed by atoms with E-state index in [-0.39, 0.29) is 0 Å². The Bertz CT molecular complexity index is 397. The summed E-state index contributed by atoms with van der Waals surface area (Å²) in [6.45, 7) is 3.96. The number of carboxylic acid groups (broad SMARTS) is 1. The number of aromatic nitrogens is 1. The van der Waals surface area contributed by atoms with Crippen LogP contribution >= 0.6 is 11.8 Å². The van der Waals surface area contributed by atoms with E-state index in [1.165, 1.54) is 6.20 Å². The SMILES string of the molecule is CC1CN(c2ccncc2C(=O)O)CCS1. The number of anilines is 1. The highest BCUT2D eigenvalue weighted by Gasteiger charge is 2.21. The molecule has 0 bridgehead atoms. The average Bonchev–Trinajstić information content (AvgIpc) is 2.29. The van der Waals surface area contributed by atoms with Gasteiger partial charge in [0, 0.05) is 36.5 Å². The summed E-state index contributed by atoms with van der Waals surface area (Å²) in [6.07, 6.45) is 3.07. The highest BCUT2D eigenvalue weighted by atomic mass is 32.2. The summed E-state index contributed by atoms with van der Waals surface area (Å²) >= 11 is 1.93. The van der Waals surface area contributed by atoms with Gasteiger partial charge in [0.1, 0.15) is 5.56 Å². The molecule has 0 saturated carbocycles. The van der Waals surface area contributed by atoms with Crippen molar-refractivity contribution in [1.29, 1.82) is 0 Å². The molecule has 0 radical (unpaired) electrons. The first kappa shape index (κ1) is 11.3. The molecular weight excluding hydrogens is 224 g/mol. The maximum atomic E-state index is 11.1. The third-order valence-electron chi connectivity index (χ3n) is 2.61. The molecule has 1 atom stereocenters. The Morgan fingerprint density at radius 3 is 3.19 bits per heavy atom. The minimum Gasteiger partial charge on any atom is -0.478 e. The zero-order valence-corrected chi connectivity index (χ0v) is 9.91. The van der Waals surface area contributed by atoms with Crippen LogP contribution in [0.2, 0.25) is 0 Å². The molecule has 1 aliphatic heterocycles. The van der Waals surface area contributed by atoms with Gasteiger partial charge >= 0.3 is 5.97 Å². The van der Waals surface area contributed by atoms with Gasteiger partial charge in [-0.1, -0.05) is 6.92 Å². The molecule has 4 nitrogen and oxygen atoms in total. The molecule has 5 heteroatoms. The first-order valence-corrected chi connectivity index (χ1v) is 6.27. The Hall–Kier alpha value is -1.23. The lowest BCUT2D eigenvalue weighted by Gasteiger charge is -2.33. The van der Waals surface area contributed by atoms with Gasteiger partial charge in [0.15, 0.2) is 0 Å². The lowest BCUT2D eigenvalue weighted by molar-refractivity contribution is 0.0697. The lowest BCUT2D eigenvalue weighted by Crippen LogP contribution is -2.37. The van der Waals surface area contributed by atoms with Gasteiger partial charge in [-0.05, 0) is 6.07 Å². The van der Waals surface area contributed by atoms with Gasteiger partial charge in [0.05, 0.1) is 5.69 Å². The second-order valence-corrected chi connectivity index (χ2v) is 5.37. The predicted molar refractivity (Wildman–Crippen MR) is 65.3 cm³/mol. The third-order valence-corrected chi connectivity index (χ3v) is 3.75. The quantitative estimate of drug-likeness (QED) is 0.850. The summed E-state index contributed by atoms with van der Waals surface area (Å²) in [5, 5.41) is 9.64. The van der Waals surface area contributed by atoms with Gasteiger partial charge in [0.25, 0.3) is 0 Å². The second kappa shape index (κ2) is 4.74. The molecule has 1 aliphatic rings. The molecule has 0 aliphatic carbocycles. The largest absolute Gasteiger partial charge is 0.478 e. The number of rotatable bonds is 2. The second-order valence-electron chi connectivity index (χ2n) is 3.83. The number of carboxylic acids is 1. The normalized spacial score (nSPS) is 20.8. The molecule has 16 heavy (non-hydrogen) atoms. The monoisotopic (exact) mass is 238 g/mol. The van der Waals surface area contributed by atoms with Crippen molar-refractivity contribution >= 4 is 23.4 Å². The van der Waals surface area contributed by atoms with E-state index in [4.69, 9.17) is 5.11 Å². The first-order valence-electron chi connectivity index (χ1n) is 5.22. The van der Waals surface area contributed by atoms with E-state index in [0.717, 1.165) is 24.5 Å². The molecule has 2 heterocycles. The van der Waals surface area contributed by atoms with Crippen LogP contribution in [-0.2, 0) is 0 Å². The van der Waals surface area contributed by atoms with E-state index in [0.29, 0.717) is 10.8 Å². The van der Waals surface area contributed by atoms with Crippen molar-refractivity contribution < 1.29 is 9.90 Å². The lowest BCUT2D eigenvalue weighted by atomic mass is 10.2. The molecule has 0 spiro atoms. The molecule has 1 fully saturated rings. The molecule has 1 aromatic rings. The van der Waals surface area contributed by atoms with E-state index < -0.39 is 5.97 Å². The molecule has 0 aromatic carbocycles.